The summed E-state index contributed by atoms with van der Waals surface area (Å²) in [7, 11) is 3.47. The fraction of sp³-hybridized carbons (Fsp3) is 0.741. The lowest BCUT2D eigenvalue weighted by atomic mass is 9.82. The molecule has 1 amide bonds. The molecule has 1 heterocycles. The van der Waals surface area contributed by atoms with Gasteiger partial charge >= 0.3 is 6.09 Å². The maximum atomic E-state index is 15.1. The number of methoxy groups -OCH3 is 1. The van der Waals surface area contributed by atoms with Gasteiger partial charge in [-0.15, -0.1) is 0 Å². The summed E-state index contributed by atoms with van der Waals surface area (Å²) >= 11 is 6.05. The van der Waals surface area contributed by atoms with Gasteiger partial charge in [-0.3, -0.25) is 0 Å². The van der Waals surface area contributed by atoms with Crippen molar-refractivity contribution in [1.82, 2.24) is 10.2 Å². The third kappa shape index (κ3) is 7.78. The van der Waals surface area contributed by atoms with Crippen LogP contribution in [0.1, 0.15) is 63.4 Å². The average Bonchev–Trinajstić information content (AvgIpc) is 2.89. The molecule has 1 unspecified atom stereocenters. The molecule has 2 N–H and O–H groups in total. The van der Waals surface area contributed by atoms with E-state index in [1.165, 1.54) is 44.2 Å². The highest BCUT2D eigenvalue weighted by Gasteiger charge is 2.44. The van der Waals surface area contributed by atoms with Crippen LogP contribution in [0.5, 0.6) is 0 Å². The van der Waals surface area contributed by atoms with E-state index in [1.54, 1.807) is 18.1 Å². The number of amides is 1. The number of hydrogen-bond donors (Lipinski definition) is 2. The zero-order valence-corrected chi connectivity index (χ0v) is 22.4. The van der Waals surface area contributed by atoms with Gasteiger partial charge in [0.05, 0.1) is 18.2 Å². The van der Waals surface area contributed by atoms with Crippen molar-refractivity contribution in [3.05, 3.63) is 34.6 Å². The van der Waals surface area contributed by atoms with E-state index in [-0.39, 0.29) is 36.3 Å². The Balaban J connectivity index is 1.72. The second kappa shape index (κ2) is 14.5. The first-order valence-electron chi connectivity index (χ1n) is 13.3. The SMILES string of the molecule is CNCC(CC1CCCCC1)OC(=O)N1CCO[C@@H]([C@@](O)(CCCCOC)c2cccc(Cl)c2F)C1. The zero-order valence-electron chi connectivity index (χ0n) is 21.6. The molecular formula is C27H42ClFN2O5. The van der Waals surface area contributed by atoms with Gasteiger partial charge in [-0.25, -0.2) is 9.18 Å². The van der Waals surface area contributed by atoms with Gasteiger partial charge in [0.15, 0.2) is 0 Å². The minimum absolute atomic E-state index is 0.0625. The Hall–Kier alpha value is -1.45. The van der Waals surface area contributed by atoms with Gasteiger partial charge in [-0.05, 0) is 44.7 Å². The molecule has 7 nitrogen and oxygen atoms in total. The van der Waals surface area contributed by atoms with Crippen LogP contribution in [0, 0.1) is 11.7 Å². The number of hydrogen-bond acceptors (Lipinski definition) is 6. The lowest BCUT2D eigenvalue weighted by Crippen LogP contribution is -2.55. The summed E-state index contributed by atoms with van der Waals surface area (Å²) in [5.41, 5.74) is -1.58. The number of morpholine rings is 1. The van der Waals surface area contributed by atoms with Gasteiger partial charge in [-0.2, -0.15) is 0 Å². The first-order chi connectivity index (χ1) is 17.4. The molecule has 3 rings (SSSR count). The molecule has 0 spiro atoms. The van der Waals surface area contributed by atoms with E-state index < -0.39 is 23.6 Å². The molecule has 0 radical (unpaired) electrons. The summed E-state index contributed by atoms with van der Waals surface area (Å²) in [6, 6.07) is 4.60. The van der Waals surface area contributed by atoms with Gasteiger partial charge < -0.3 is 29.5 Å². The molecule has 204 valence electrons. The predicted octanol–water partition coefficient (Wildman–Crippen LogP) is 4.88. The lowest BCUT2D eigenvalue weighted by molar-refractivity contribution is -0.151. The molecule has 9 heteroatoms. The van der Waals surface area contributed by atoms with Crippen LogP contribution in [0.2, 0.25) is 5.02 Å². The Labute approximate surface area is 219 Å². The second-order valence-electron chi connectivity index (χ2n) is 10.1. The normalized spacial score (nSPS) is 21.7. The van der Waals surface area contributed by atoms with Crippen LogP contribution < -0.4 is 5.32 Å². The molecule has 1 aromatic rings. The predicted molar refractivity (Wildman–Crippen MR) is 138 cm³/mol. The van der Waals surface area contributed by atoms with Gasteiger partial charge in [-0.1, -0.05) is 55.8 Å². The summed E-state index contributed by atoms with van der Waals surface area (Å²) < 4.78 is 32.1. The molecular weight excluding hydrogens is 487 g/mol. The summed E-state index contributed by atoms with van der Waals surface area (Å²) in [6.45, 7) is 1.80. The smallest absolute Gasteiger partial charge is 0.410 e. The van der Waals surface area contributed by atoms with Crippen molar-refractivity contribution in [2.45, 2.75) is 75.6 Å². The molecule has 1 saturated carbocycles. The van der Waals surface area contributed by atoms with E-state index in [1.807, 2.05) is 7.05 Å². The molecule has 0 aromatic heterocycles. The van der Waals surface area contributed by atoms with Gasteiger partial charge in [0.25, 0.3) is 0 Å². The number of carbonyl (C=O) groups excluding carboxylic acids is 1. The van der Waals surface area contributed by atoms with Gasteiger partial charge in [0, 0.05) is 32.4 Å². The highest BCUT2D eigenvalue weighted by Crippen LogP contribution is 2.38. The maximum absolute atomic E-state index is 15.1. The van der Waals surface area contributed by atoms with Crippen molar-refractivity contribution in [3.8, 4) is 0 Å². The number of nitrogens with one attached hydrogen (secondary N) is 1. The molecule has 2 aliphatic rings. The molecule has 36 heavy (non-hydrogen) atoms. The van der Waals surface area contributed by atoms with Crippen molar-refractivity contribution in [2.75, 3.05) is 47.0 Å². The summed E-state index contributed by atoms with van der Waals surface area (Å²) in [4.78, 5) is 14.8. The van der Waals surface area contributed by atoms with Crippen molar-refractivity contribution in [1.29, 1.82) is 0 Å². The van der Waals surface area contributed by atoms with Crippen LogP contribution in [0.3, 0.4) is 0 Å². The minimum atomic E-state index is -1.66. The van der Waals surface area contributed by atoms with E-state index in [0.29, 0.717) is 38.5 Å². The minimum Gasteiger partial charge on any atom is -0.445 e. The molecule has 0 bridgehead atoms. The molecule has 1 aromatic carbocycles. The number of benzene rings is 1. The van der Waals surface area contributed by atoms with Crippen molar-refractivity contribution < 1.29 is 28.5 Å². The van der Waals surface area contributed by atoms with E-state index >= 15 is 4.39 Å². The van der Waals surface area contributed by atoms with E-state index in [0.717, 1.165) is 6.42 Å². The molecule has 1 aliphatic heterocycles. The number of likely N-dealkylation sites (N-methyl/N-ethyl adjacent to an activating group) is 1. The van der Waals surface area contributed by atoms with Crippen LogP contribution in [-0.4, -0.2) is 75.3 Å². The standard InChI is InChI=1S/C27H42ClFN2O5/c1-30-18-21(17-20-9-4-3-5-10-20)36-26(32)31-14-16-35-24(19-31)27(33,13-6-7-15-34-2)22-11-8-12-23(28)25(22)29/h8,11-12,20-21,24,30,33H,3-7,9-10,13-19H2,1-2H3/t21?,24-,27-/m1/s1. The molecule has 1 saturated heterocycles. The Bertz CT molecular complexity index is 825. The first-order valence-corrected chi connectivity index (χ1v) is 13.6. The fourth-order valence-electron chi connectivity index (χ4n) is 5.46. The van der Waals surface area contributed by atoms with Crippen molar-refractivity contribution >= 4 is 17.7 Å². The average molecular weight is 529 g/mol. The van der Waals surface area contributed by atoms with E-state index in [4.69, 9.17) is 25.8 Å². The largest absolute Gasteiger partial charge is 0.445 e. The monoisotopic (exact) mass is 528 g/mol. The second-order valence-corrected chi connectivity index (χ2v) is 10.5. The van der Waals surface area contributed by atoms with Crippen LogP contribution in [0.25, 0.3) is 0 Å². The number of rotatable bonds is 12. The van der Waals surface area contributed by atoms with Crippen LogP contribution in [-0.2, 0) is 19.8 Å². The number of nitrogens with zero attached hydrogens (tertiary/aromatic N) is 1. The molecule has 1 aliphatic carbocycles. The van der Waals surface area contributed by atoms with Crippen molar-refractivity contribution in [2.24, 2.45) is 5.92 Å². The lowest BCUT2D eigenvalue weighted by Gasteiger charge is -2.42. The Kier molecular flexibility index (Phi) is 11.7. The van der Waals surface area contributed by atoms with Crippen LogP contribution in [0.15, 0.2) is 18.2 Å². The van der Waals surface area contributed by atoms with E-state index in [2.05, 4.69) is 5.32 Å². The van der Waals surface area contributed by atoms with Crippen LogP contribution >= 0.6 is 11.6 Å². The molecule has 3 atom stereocenters. The topological polar surface area (TPSA) is 80.3 Å². The van der Waals surface area contributed by atoms with Gasteiger partial charge in [0.1, 0.15) is 23.6 Å². The van der Waals surface area contributed by atoms with E-state index in [9.17, 15) is 9.90 Å². The number of aliphatic hydroxyl groups is 1. The third-order valence-corrected chi connectivity index (χ3v) is 7.74. The highest BCUT2D eigenvalue weighted by atomic mass is 35.5. The quantitative estimate of drug-likeness (QED) is 0.376. The number of ether oxygens (including phenoxy) is 3. The van der Waals surface area contributed by atoms with Crippen LogP contribution in [0.4, 0.5) is 9.18 Å². The fourth-order valence-corrected chi connectivity index (χ4v) is 5.64. The van der Waals surface area contributed by atoms with Gasteiger partial charge in [0.2, 0.25) is 0 Å². The number of halogens is 2. The highest BCUT2D eigenvalue weighted by molar-refractivity contribution is 6.30. The zero-order chi connectivity index (χ0) is 26.0. The van der Waals surface area contributed by atoms with Crippen molar-refractivity contribution in [3.63, 3.8) is 0 Å². The Morgan fingerprint density at radius 3 is 2.83 bits per heavy atom. The summed E-state index contributed by atoms with van der Waals surface area (Å²) in [5, 5.41) is 14.9. The maximum Gasteiger partial charge on any atom is 0.410 e. The number of unbranched alkanes of at least 4 members (excludes halogenated alkanes) is 1. The number of carbonyl (C=O) groups is 1. The Morgan fingerprint density at radius 2 is 2.11 bits per heavy atom. The Morgan fingerprint density at radius 1 is 1.33 bits per heavy atom. The first kappa shape index (κ1) is 29.1. The molecule has 2 fully saturated rings. The summed E-state index contributed by atoms with van der Waals surface area (Å²) in [6.07, 6.45) is 7.02. The summed E-state index contributed by atoms with van der Waals surface area (Å²) in [5.74, 6) is -0.0939. The third-order valence-electron chi connectivity index (χ3n) is 7.45.